The normalized spacial score (nSPS) is 18.8. The van der Waals surface area contributed by atoms with Crippen LogP contribution in [-0.4, -0.2) is 16.6 Å². The smallest absolute Gasteiger partial charge is 0.162 e. The molecule has 20 heavy (non-hydrogen) atoms. The quantitative estimate of drug-likeness (QED) is 0.585. The van der Waals surface area contributed by atoms with E-state index in [2.05, 4.69) is 11.9 Å². The van der Waals surface area contributed by atoms with Crippen molar-refractivity contribution in [2.75, 3.05) is 6.61 Å². The molecule has 2 rings (SSSR count). The maximum atomic E-state index is 6.20. The molecule has 0 unspecified atom stereocenters. The van der Waals surface area contributed by atoms with Crippen LogP contribution in [0.15, 0.2) is 6.07 Å². The number of ether oxygens (including phenoxy) is 1. The molecule has 0 spiro atoms. The predicted octanol–water partition coefficient (Wildman–Crippen LogP) is 4.67. The van der Waals surface area contributed by atoms with Gasteiger partial charge in [0.05, 0.1) is 0 Å². The SMILES string of the molecule is CCCc1cc(Cl)nc(C2(OCC)CCCCCC2)n1. The third-order valence-corrected chi connectivity index (χ3v) is 4.19. The highest BCUT2D eigenvalue weighted by molar-refractivity contribution is 6.29. The molecule has 0 radical (unpaired) electrons. The maximum Gasteiger partial charge on any atom is 0.162 e. The molecular formula is C16H25ClN2O. The van der Waals surface area contributed by atoms with Crippen LogP contribution in [0.1, 0.15) is 70.3 Å². The number of aromatic nitrogens is 2. The second-order valence-corrected chi connectivity index (χ2v) is 5.98. The largest absolute Gasteiger partial charge is 0.367 e. The summed E-state index contributed by atoms with van der Waals surface area (Å²) in [6.07, 6.45) is 8.93. The van der Waals surface area contributed by atoms with Gasteiger partial charge in [0.15, 0.2) is 5.82 Å². The summed E-state index contributed by atoms with van der Waals surface area (Å²) in [5.74, 6) is 0.803. The summed E-state index contributed by atoms with van der Waals surface area (Å²) in [6, 6.07) is 1.88. The van der Waals surface area contributed by atoms with Gasteiger partial charge in [-0.05, 0) is 32.3 Å². The standard InChI is InChI=1S/C16H25ClN2O/c1-3-9-13-12-14(17)19-15(18-13)16(20-4-2)10-7-5-6-8-11-16/h12H,3-11H2,1-2H3. The molecule has 1 fully saturated rings. The number of aryl methyl sites for hydroxylation is 1. The van der Waals surface area contributed by atoms with E-state index >= 15 is 0 Å². The van der Waals surface area contributed by atoms with Crippen LogP contribution < -0.4 is 0 Å². The van der Waals surface area contributed by atoms with Crippen molar-refractivity contribution in [3.8, 4) is 0 Å². The van der Waals surface area contributed by atoms with Crippen molar-refractivity contribution in [3.05, 3.63) is 22.7 Å². The summed E-state index contributed by atoms with van der Waals surface area (Å²) >= 11 is 6.20. The number of rotatable bonds is 5. The molecule has 0 aliphatic heterocycles. The second kappa shape index (κ2) is 7.37. The van der Waals surface area contributed by atoms with E-state index in [4.69, 9.17) is 21.3 Å². The zero-order valence-electron chi connectivity index (χ0n) is 12.6. The molecule has 3 nitrogen and oxygen atoms in total. The third kappa shape index (κ3) is 3.70. The Bertz CT molecular complexity index is 428. The van der Waals surface area contributed by atoms with Crippen LogP contribution >= 0.6 is 11.6 Å². The Hall–Kier alpha value is -0.670. The van der Waals surface area contributed by atoms with Crippen molar-refractivity contribution in [2.24, 2.45) is 0 Å². The Labute approximate surface area is 127 Å². The summed E-state index contributed by atoms with van der Waals surface area (Å²) in [5.41, 5.74) is 0.712. The molecule has 1 heterocycles. The number of hydrogen-bond donors (Lipinski definition) is 0. The van der Waals surface area contributed by atoms with Crippen LogP contribution in [0.2, 0.25) is 5.15 Å². The van der Waals surface area contributed by atoms with Gasteiger partial charge < -0.3 is 4.74 Å². The number of halogens is 1. The first-order valence-corrected chi connectivity index (χ1v) is 8.26. The summed E-state index contributed by atoms with van der Waals surface area (Å²) in [6.45, 7) is 4.89. The van der Waals surface area contributed by atoms with Crippen LogP contribution in [0.3, 0.4) is 0 Å². The minimum atomic E-state index is -0.321. The molecule has 0 atom stereocenters. The van der Waals surface area contributed by atoms with Crippen LogP contribution in [0, 0.1) is 0 Å². The lowest BCUT2D eigenvalue weighted by atomic mass is 9.92. The molecule has 1 aliphatic carbocycles. The highest BCUT2D eigenvalue weighted by Gasteiger charge is 2.36. The average molecular weight is 297 g/mol. The van der Waals surface area contributed by atoms with E-state index in [9.17, 15) is 0 Å². The van der Waals surface area contributed by atoms with Crippen molar-refractivity contribution in [3.63, 3.8) is 0 Å². The molecular weight excluding hydrogens is 272 g/mol. The van der Waals surface area contributed by atoms with Crippen LogP contribution in [0.25, 0.3) is 0 Å². The first kappa shape index (κ1) is 15.7. The molecule has 112 valence electrons. The van der Waals surface area contributed by atoms with Gasteiger partial charge in [0.25, 0.3) is 0 Å². The summed E-state index contributed by atoms with van der Waals surface area (Å²) < 4.78 is 6.14. The van der Waals surface area contributed by atoms with Gasteiger partial charge in [-0.2, -0.15) is 0 Å². The predicted molar refractivity (Wildman–Crippen MR) is 82.0 cm³/mol. The molecule has 1 saturated carbocycles. The van der Waals surface area contributed by atoms with E-state index in [0.717, 1.165) is 37.2 Å². The van der Waals surface area contributed by atoms with Gasteiger partial charge in [0, 0.05) is 12.3 Å². The Morgan fingerprint density at radius 1 is 1.15 bits per heavy atom. The zero-order chi connectivity index (χ0) is 14.4. The summed E-state index contributed by atoms with van der Waals surface area (Å²) in [4.78, 5) is 9.26. The summed E-state index contributed by atoms with van der Waals surface area (Å²) in [7, 11) is 0. The van der Waals surface area contributed by atoms with Gasteiger partial charge in [-0.1, -0.05) is 50.6 Å². The van der Waals surface area contributed by atoms with E-state index in [0.29, 0.717) is 11.8 Å². The highest BCUT2D eigenvalue weighted by atomic mass is 35.5. The molecule has 1 aliphatic rings. The van der Waals surface area contributed by atoms with Crippen molar-refractivity contribution in [2.45, 2.75) is 70.8 Å². The number of hydrogen-bond acceptors (Lipinski definition) is 3. The second-order valence-electron chi connectivity index (χ2n) is 5.60. The minimum Gasteiger partial charge on any atom is -0.367 e. The maximum absolute atomic E-state index is 6.20. The van der Waals surface area contributed by atoms with Crippen LogP contribution in [0.5, 0.6) is 0 Å². The average Bonchev–Trinajstić information content (AvgIpc) is 2.65. The lowest BCUT2D eigenvalue weighted by Gasteiger charge is -2.31. The fourth-order valence-corrected chi connectivity index (χ4v) is 3.27. The van der Waals surface area contributed by atoms with Gasteiger partial charge >= 0.3 is 0 Å². The third-order valence-electron chi connectivity index (χ3n) is 3.99. The van der Waals surface area contributed by atoms with Gasteiger partial charge in [0.1, 0.15) is 10.8 Å². The first-order chi connectivity index (χ1) is 9.70. The van der Waals surface area contributed by atoms with Crippen LogP contribution in [0.4, 0.5) is 0 Å². The molecule has 1 aromatic rings. The lowest BCUT2D eigenvalue weighted by molar-refractivity contribution is -0.0625. The van der Waals surface area contributed by atoms with Gasteiger partial charge in [-0.3, -0.25) is 0 Å². The van der Waals surface area contributed by atoms with Crippen molar-refractivity contribution in [1.29, 1.82) is 0 Å². The monoisotopic (exact) mass is 296 g/mol. The fraction of sp³-hybridized carbons (Fsp3) is 0.750. The highest BCUT2D eigenvalue weighted by Crippen LogP contribution is 2.38. The molecule has 1 aromatic heterocycles. The Balaban J connectivity index is 2.36. The van der Waals surface area contributed by atoms with Gasteiger partial charge in [-0.15, -0.1) is 0 Å². The number of nitrogens with zero attached hydrogens (tertiary/aromatic N) is 2. The van der Waals surface area contributed by atoms with E-state index in [-0.39, 0.29) is 5.60 Å². The van der Waals surface area contributed by atoms with E-state index in [1.54, 1.807) is 0 Å². The van der Waals surface area contributed by atoms with E-state index < -0.39 is 0 Å². The van der Waals surface area contributed by atoms with Gasteiger partial charge in [0.2, 0.25) is 0 Å². The molecule has 0 amide bonds. The van der Waals surface area contributed by atoms with Gasteiger partial charge in [-0.25, -0.2) is 9.97 Å². The van der Waals surface area contributed by atoms with Crippen molar-refractivity contribution in [1.82, 2.24) is 9.97 Å². The Morgan fingerprint density at radius 2 is 1.85 bits per heavy atom. The minimum absolute atomic E-state index is 0.321. The molecule has 0 N–H and O–H groups in total. The Kier molecular flexibility index (Phi) is 5.79. The van der Waals surface area contributed by atoms with Crippen LogP contribution in [-0.2, 0) is 16.8 Å². The molecule has 0 aromatic carbocycles. The topological polar surface area (TPSA) is 35.0 Å². The lowest BCUT2D eigenvalue weighted by Crippen LogP contribution is -2.32. The van der Waals surface area contributed by atoms with E-state index in [1.807, 2.05) is 13.0 Å². The molecule has 0 saturated heterocycles. The Morgan fingerprint density at radius 3 is 2.45 bits per heavy atom. The fourth-order valence-electron chi connectivity index (χ4n) is 3.06. The zero-order valence-corrected chi connectivity index (χ0v) is 13.4. The molecule has 0 bridgehead atoms. The van der Waals surface area contributed by atoms with Crippen molar-refractivity contribution < 1.29 is 4.74 Å². The summed E-state index contributed by atoms with van der Waals surface area (Å²) in [5, 5.41) is 0.543. The molecule has 4 heteroatoms. The first-order valence-electron chi connectivity index (χ1n) is 7.88. The van der Waals surface area contributed by atoms with Crippen molar-refractivity contribution >= 4 is 11.6 Å². The van der Waals surface area contributed by atoms with E-state index in [1.165, 1.54) is 25.7 Å².